The number of benzene rings is 1. The Morgan fingerprint density at radius 3 is 2.50 bits per heavy atom. The molecule has 0 aliphatic heterocycles. The minimum absolute atomic E-state index is 0.464. The number of nitrogens with one attached hydrogen (secondary N) is 1. The lowest BCUT2D eigenvalue weighted by molar-refractivity contribution is 0.528. The van der Waals surface area contributed by atoms with Crippen LogP contribution in [0.4, 0.5) is 11.4 Å². The van der Waals surface area contributed by atoms with Crippen LogP contribution in [-0.4, -0.2) is 6.04 Å². The summed E-state index contributed by atoms with van der Waals surface area (Å²) >= 11 is 3.40. The Labute approximate surface area is 107 Å². The van der Waals surface area contributed by atoms with Gasteiger partial charge >= 0.3 is 0 Å². The quantitative estimate of drug-likeness (QED) is 0.793. The summed E-state index contributed by atoms with van der Waals surface area (Å²) in [5.74, 6) is 0.756. The lowest BCUT2D eigenvalue weighted by Gasteiger charge is -2.17. The molecule has 0 aliphatic carbocycles. The van der Waals surface area contributed by atoms with Gasteiger partial charge in [0.1, 0.15) is 0 Å². The first-order chi connectivity index (χ1) is 7.49. The summed E-state index contributed by atoms with van der Waals surface area (Å²) in [5, 5.41) is 3.45. The smallest absolute Gasteiger partial charge is 0.0576 e. The fraction of sp³-hybridized carbons (Fsp3) is 0.538. The van der Waals surface area contributed by atoms with Crippen LogP contribution in [0, 0.1) is 5.92 Å². The Morgan fingerprint density at radius 1 is 1.25 bits per heavy atom. The molecule has 0 amide bonds. The topological polar surface area (TPSA) is 38.0 Å². The van der Waals surface area contributed by atoms with E-state index in [1.54, 1.807) is 0 Å². The number of nitrogen functional groups attached to an aromatic ring is 1. The molecule has 0 radical (unpaired) electrons. The van der Waals surface area contributed by atoms with E-state index in [0.29, 0.717) is 6.04 Å². The van der Waals surface area contributed by atoms with Gasteiger partial charge in [0.2, 0.25) is 0 Å². The van der Waals surface area contributed by atoms with E-state index < -0.39 is 0 Å². The highest BCUT2D eigenvalue weighted by atomic mass is 79.9. The van der Waals surface area contributed by atoms with Crippen LogP contribution in [0.3, 0.4) is 0 Å². The zero-order valence-corrected chi connectivity index (χ0v) is 11.8. The maximum Gasteiger partial charge on any atom is 0.0576 e. The third-order valence-corrected chi connectivity index (χ3v) is 3.09. The molecule has 1 aromatic carbocycles. The Morgan fingerprint density at radius 2 is 1.94 bits per heavy atom. The normalized spacial score (nSPS) is 12.8. The van der Waals surface area contributed by atoms with Gasteiger partial charge in [-0.15, -0.1) is 0 Å². The van der Waals surface area contributed by atoms with E-state index >= 15 is 0 Å². The molecule has 3 N–H and O–H groups in total. The molecule has 1 rings (SSSR count). The number of hydrogen-bond acceptors (Lipinski definition) is 2. The molecule has 1 aromatic rings. The van der Waals surface area contributed by atoms with Crippen LogP contribution >= 0.6 is 15.9 Å². The third-order valence-electron chi connectivity index (χ3n) is 2.59. The summed E-state index contributed by atoms with van der Waals surface area (Å²) in [7, 11) is 0. The van der Waals surface area contributed by atoms with Crippen molar-refractivity contribution in [1.29, 1.82) is 0 Å². The van der Waals surface area contributed by atoms with Crippen LogP contribution in [0.15, 0.2) is 22.7 Å². The van der Waals surface area contributed by atoms with E-state index in [9.17, 15) is 0 Å². The lowest BCUT2D eigenvalue weighted by atomic mass is 10.0. The van der Waals surface area contributed by atoms with Gasteiger partial charge in [0.15, 0.2) is 0 Å². The van der Waals surface area contributed by atoms with Gasteiger partial charge in [-0.3, -0.25) is 0 Å². The molecule has 1 unspecified atom stereocenters. The highest BCUT2D eigenvalue weighted by molar-refractivity contribution is 9.10. The first kappa shape index (κ1) is 13.4. The summed E-state index contributed by atoms with van der Waals surface area (Å²) in [6.45, 7) is 6.70. The SMILES string of the molecule is CC(C)CCC(C)Nc1ccc(Br)cc1N. The summed E-state index contributed by atoms with van der Waals surface area (Å²) in [4.78, 5) is 0. The highest BCUT2D eigenvalue weighted by Gasteiger charge is 2.06. The van der Waals surface area contributed by atoms with Crippen LogP contribution in [0.25, 0.3) is 0 Å². The molecule has 3 heteroatoms. The predicted octanol–water partition coefficient (Wildman–Crippen LogP) is 4.27. The van der Waals surface area contributed by atoms with Crippen molar-refractivity contribution >= 4 is 27.3 Å². The fourth-order valence-electron chi connectivity index (χ4n) is 1.59. The van der Waals surface area contributed by atoms with E-state index in [2.05, 4.69) is 42.0 Å². The van der Waals surface area contributed by atoms with Gasteiger partial charge in [-0.2, -0.15) is 0 Å². The second-order valence-corrected chi connectivity index (χ2v) is 5.66. The van der Waals surface area contributed by atoms with Gasteiger partial charge in [-0.1, -0.05) is 29.8 Å². The van der Waals surface area contributed by atoms with Crippen LogP contribution in [-0.2, 0) is 0 Å². The van der Waals surface area contributed by atoms with Gasteiger partial charge < -0.3 is 11.1 Å². The van der Waals surface area contributed by atoms with Crippen LogP contribution < -0.4 is 11.1 Å². The van der Waals surface area contributed by atoms with Crippen LogP contribution in [0.2, 0.25) is 0 Å². The first-order valence-corrected chi connectivity index (χ1v) is 6.60. The summed E-state index contributed by atoms with van der Waals surface area (Å²) in [6, 6.07) is 6.42. The molecule has 0 fully saturated rings. The number of anilines is 2. The minimum atomic E-state index is 0.464. The molecular formula is C13H21BrN2. The first-order valence-electron chi connectivity index (χ1n) is 5.80. The third kappa shape index (κ3) is 4.44. The Balaban J connectivity index is 2.52. The Hall–Kier alpha value is -0.700. The number of nitrogens with two attached hydrogens (primary N) is 1. The average molecular weight is 285 g/mol. The molecule has 90 valence electrons. The number of halogens is 1. The second kappa shape index (κ2) is 6.14. The van der Waals surface area contributed by atoms with E-state index in [0.717, 1.165) is 21.8 Å². The monoisotopic (exact) mass is 284 g/mol. The van der Waals surface area contributed by atoms with Crippen molar-refractivity contribution in [3.63, 3.8) is 0 Å². The molecule has 0 saturated carbocycles. The van der Waals surface area contributed by atoms with Crippen molar-refractivity contribution in [1.82, 2.24) is 0 Å². The molecule has 16 heavy (non-hydrogen) atoms. The zero-order valence-electron chi connectivity index (χ0n) is 10.3. The summed E-state index contributed by atoms with van der Waals surface area (Å²) < 4.78 is 1.02. The molecule has 2 nitrogen and oxygen atoms in total. The fourth-order valence-corrected chi connectivity index (χ4v) is 1.96. The molecule has 0 aliphatic rings. The van der Waals surface area contributed by atoms with Crippen molar-refractivity contribution < 1.29 is 0 Å². The molecular weight excluding hydrogens is 264 g/mol. The van der Waals surface area contributed by atoms with E-state index in [1.165, 1.54) is 12.8 Å². The van der Waals surface area contributed by atoms with Crippen molar-refractivity contribution in [2.45, 2.75) is 39.7 Å². The lowest BCUT2D eigenvalue weighted by Crippen LogP contribution is -2.16. The van der Waals surface area contributed by atoms with E-state index in [1.807, 2.05) is 18.2 Å². The Bertz CT molecular complexity index is 337. The van der Waals surface area contributed by atoms with E-state index in [4.69, 9.17) is 5.73 Å². The maximum atomic E-state index is 5.93. The Kier molecular flexibility index (Phi) is 5.13. The molecule has 0 saturated heterocycles. The average Bonchev–Trinajstić information content (AvgIpc) is 2.19. The zero-order chi connectivity index (χ0) is 12.1. The minimum Gasteiger partial charge on any atom is -0.397 e. The van der Waals surface area contributed by atoms with Crippen molar-refractivity contribution in [2.75, 3.05) is 11.1 Å². The highest BCUT2D eigenvalue weighted by Crippen LogP contribution is 2.24. The van der Waals surface area contributed by atoms with Gasteiger partial charge in [0.25, 0.3) is 0 Å². The summed E-state index contributed by atoms with van der Waals surface area (Å²) in [5.41, 5.74) is 7.76. The van der Waals surface area contributed by atoms with Crippen LogP contribution in [0.1, 0.15) is 33.6 Å². The summed E-state index contributed by atoms with van der Waals surface area (Å²) in [6.07, 6.45) is 2.41. The van der Waals surface area contributed by atoms with Gasteiger partial charge in [-0.05, 0) is 43.9 Å². The van der Waals surface area contributed by atoms with Crippen molar-refractivity contribution in [2.24, 2.45) is 5.92 Å². The van der Waals surface area contributed by atoms with Crippen molar-refractivity contribution in [3.05, 3.63) is 22.7 Å². The van der Waals surface area contributed by atoms with Gasteiger partial charge in [0.05, 0.1) is 11.4 Å². The molecule has 0 aromatic heterocycles. The standard InChI is InChI=1S/C13H21BrN2/c1-9(2)4-5-10(3)16-13-7-6-11(14)8-12(13)15/h6-10,16H,4-5,15H2,1-3H3. The van der Waals surface area contributed by atoms with E-state index in [-0.39, 0.29) is 0 Å². The molecule has 1 atom stereocenters. The maximum absolute atomic E-state index is 5.93. The van der Waals surface area contributed by atoms with Gasteiger partial charge in [0, 0.05) is 10.5 Å². The largest absolute Gasteiger partial charge is 0.397 e. The van der Waals surface area contributed by atoms with Crippen LogP contribution in [0.5, 0.6) is 0 Å². The van der Waals surface area contributed by atoms with Gasteiger partial charge in [-0.25, -0.2) is 0 Å². The molecule has 0 spiro atoms. The molecule has 0 heterocycles. The molecule has 0 bridgehead atoms. The van der Waals surface area contributed by atoms with Crippen molar-refractivity contribution in [3.8, 4) is 0 Å². The number of rotatable bonds is 5. The second-order valence-electron chi connectivity index (χ2n) is 4.75. The number of hydrogen-bond donors (Lipinski definition) is 2. The predicted molar refractivity (Wildman–Crippen MR) is 75.7 cm³/mol.